The molecule has 1 aliphatic heterocycles. The number of imidazole rings is 1. The van der Waals surface area contributed by atoms with Gasteiger partial charge >= 0.3 is 0 Å². The van der Waals surface area contributed by atoms with Crippen LogP contribution in [0, 0.1) is 0 Å². The van der Waals surface area contributed by atoms with Gasteiger partial charge in [-0.05, 0) is 12.8 Å². The minimum absolute atomic E-state index is 0.239. The Morgan fingerprint density at radius 1 is 1.20 bits per heavy atom. The topological polar surface area (TPSA) is 36.3 Å². The van der Waals surface area contributed by atoms with Crippen LogP contribution in [0.2, 0.25) is 0 Å². The van der Waals surface area contributed by atoms with E-state index in [4.69, 9.17) is 9.47 Å². The molecule has 0 aromatic carbocycles. The lowest BCUT2D eigenvalue weighted by atomic mass is 9.90. The Hall–Kier alpha value is -0.870. The predicted molar refractivity (Wildman–Crippen MR) is 54.4 cm³/mol. The number of hydrogen-bond donors (Lipinski definition) is 0. The van der Waals surface area contributed by atoms with Crippen LogP contribution in [0.25, 0.3) is 0 Å². The number of nitrogens with zero attached hydrogens (tertiary/aromatic N) is 2. The van der Waals surface area contributed by atoms with Crippen LogP contribution in [-0.2, 0) is 9.47 Å². The van der Waals surface area contributed by atoms with Gasteiger partial charge in [-0.15, -0.1) is 0 Å². The Balaban J connectivity index is 1.65. The average molecular weight is 208 g/mol. The Kier molecular flexibility index (Phi) is 2.25. The Morgan fingerprint density at radius 2 is 1.93 bits per heavy atom. The molecular weight excluding hydrogens is 192 g/mol. The molecule has 82 valence electrons. The van der Waals surface area contributed by atoms with Gasteiger partial charge in [0.2, 0.25) is 0 Å². The number of hydrogen-bond acceptors (Lipinski definition) is 3. The van der Waals surface area contributed by atoms with E-state index >= 15 is 0 Å². The van der Waals surface area contributed by atoms with Crippen molar-refractivity contribution < 1.29 is 9.47 Å². The molecule has 4 heteroatoms. The second kappa shape index (κ2) is 3.61. The quantitative estimate of drug-likeness (QED) is 0.705. The summed E-state index contributed by atoms with van der Waals surface area (Å²) >= 11 is 0. The van der Waals surface area contributed by atoms with Crippen LogP contribution in [0.4, 0.5) is 0 Å². The van der Waals surface area contributed by atoms with Crippen molar-refractivity contribution in [3.63, 3.8) is 0 Å². The number of rotatable bonds is 1. The van der Waals surface area contributed by atoms with E-state index in [0.29, 0.717) is 6.04 Å². The fourth-order valence-corrected chi connectivity index (χ4v) is 2.61. The van der Waals surface area contributed by atoms with Crippen LogP contribution in [0.3, 0.4) is 0 Å². The van der Waals surface area contributed by atoms with E-state index in [2.05, 4.69) is 9.55 Å². The highest BCUT2D eigenvalue weighted by Crippen LogP contribution is 2.39. The van der Waals surface area contributed by atoms with Gasteiger partial charge in [0.15, 0.2) is 5.79 Å². The maximum absolute atomic E-state index is 5.70. The van der Waals surface area contributed by atoms with E-state index in [1.165, 1.54) is 0 Å². The Labute approximate surface area is 89.2 Å². The molecule has 1 spiro atoms. The van der Waals surface area contributed by atoms with Gasteiger partial charge in [-0.3, -0.25) is 0 Å². The molecule has 2 heterocycles. The van der Waals surface area contributed by atoms with E-state index < -0.39 is 0 Å². The monoisotopic (exact) mass is 208 g/mol. The molecule has 2 fully saturated rings. The van der Waals surface area contributed by atoms with Crippen molar-refractivity contribution in [2.24, 2.45) is 0 Å². The van der Waals surface area contributed by atoms with E-state index in [1.54, 1.807) is 0 Å². The largest absolute Gasteiger partial charge is 0.348 e. The van der Waals surface area contributed by atoms with Crippen molar-refractivity contribution >= 4 is 0 Å². The minimum atomic E-state index is -0.239. The van der Waals surface area contributed by atoms with Crippen molar-refractivity contribution in [2.45, 2.75) is 37.5 Å². The van der Waals surface area contributed by atoms with Crippen LogP contribution in [0.15, 0.2) is 18.7 Å². The molecule has 0 atom stereocenters. The molecule has 15 heavy (non-hydrogen) atoms. The van der Waals surface area contributed by atoms with Crippen LogP contribution in [-0.4, -0.2) is 28.6 Å². The molecule has 1 saturated heterocycles. The second-order valence-corrected chi connectivity index (χ2v) is 4.35. The SMILES string of the molecule is c1cn(C2CCC3(CC2)OCCO3)cn1. The third-order valence-corrected chi connectivity index (χ3v) is 3.48. The fraction of sp³-hybridized carbons (Fsp3) is 0.727. The lowest BCUT2D eigenvalue weighted by Crippen LogP contribution is -2.35. The van der Waals surface area contributed by atoms with Crippen LogP contribution < -0.4 is 0 Å². The summed E-state index contributed by atoms with van der Waals surface area (Å²) in [5.74, 6) is -0.239. The van der Waals surface area contributed by atoms with Crippen molar-refractivity contribution in [2.75, 3.05) is 13.2 Å². The maximum atomic E-state index is 5.70. The smallest absolute Gasteiger partial charge is 0.168 e. The van der Waals surface area contributed by atoms with Gasteiger partial charge in [-0.1, -0.05) is 0 Å². The minimum Gasteiger partial charge on any atom is -0.348 e. The molecule has 1 aromatic rings. The summed E-state index contributed by atoms with van der Waals surface area (Å²) in [7, 11) is 0. The molecule has 1 aromatic heterocycles. The average Bonchev–Trinajstić information content (AvgIpc) is 2.91. The second-order valence-electron chi connectivity index (χ2n) is 4.35. The van der Waals surface area contributed by atoms with Gasteiger partial charge in [-0.25, -0.2) is 4.98 Å². The highest BCUT2D eigenvalue weighted by atomic mass is 16.7. The standard InChI is InChI=1S/C11H16N2O2/c1-3-11(14-7-8-15-11)4-2-10(1)13-6-5-12-9-13/h5-6,9-10H,1-4,7-8H2. The molecule has 0 unspecified atom stereocenters. The van der Waals surface area contributed by atoms with E-state index in [-0.39, 0.29) is 5.79 Å². The first-order chi connectivity index (χ1) is 7.38. The molecule has 1 saturated carbocycles. The molecule has 3 rings (SSSR count). The zero-order valence-corrected chi connectivity index (χ0v) is 8.76. The Morgan fingerprint density at radius 3 is 2.53 bits per heavy atom. The van der Waals surface area contributed by atoms with E-state index in [9.17, 15) is 0 Å². The van der Waals surface area contributed by atoms with Crippen molar-refractivity contribution in [3.05, 3.63) is 18.7 Å². The zero-order chi connectivity index (χ0) is 10.1. The van der Waals surface area contributed by atoms with Crippen molar-refractivity contribution in [1.82, 2.24) is 9.55 Å². The molecule has 0 amide bonds. The lowest BCUT2D eigenvalue weighted by Gasteiger charge is -2.35. The summed E-state index contributed by atoms with van der Waals surface area (Å²) in [6.45, 7) is 1.52. The summed E-state index contributed by atoms with van der Waals surface area (Å²) in [4.78, 5) is 4.09. The fourth-order valence-electron chi connectivity index (χ4n) is 2.61. The number of aromatic nitrogens is 2. The summed E-state index contributed by atoms with van der Waals surface area (Å²) in [5.41, 5.74) is 0. The lowest BCUT2D eigenvalue weighted by molar-refractivity contribution is -0.181. The first kappa shape index (κ1) is 9.36. The highest BCUT2D eigenvalue weighted by Gasteiger charge is 2.40. The van der Waals surface area contributed by atoms with E-state index in [1.807, 2.05) is 18.7 Å². The van der Waals surface area contributed by atoms with Crippen molar-refractivity contribution in [1.29, 1.82) is 0 Å². The third-order valence-electron chi connectivity index (χ3n) is 3.48. The summed E-state index contributed by atoms with van der Waals surface area (Å²) in [5, 5.41) is 0. The summed E-state index contributed by atoms with van der Waals surface area (Å²) in [6, 6.07) is 0.575. The molecule has 0 bridgehead atoms. The van der Waals surface area contributed by atoms with Gasteiger partial charge in [0.25, 0.3) is 0 Å². The normalized spacial score (nSPS) is 26.1. The van der Waals surface area contributed by atoms with Gasteiger partial charge < -0.3 is 14.0 Å². The molecule has 4 nitrogen and oxygen atoms in total. The Bertz CT molecular complexity index is 307. The van der Waals surface area contributed by atoms with Gasteiger partial charge in [-0.2, -0.15) is 0 Å². The first-order valence-electron chi connectivity index (χ1n) is 5.63. The third kappa shape index (κ3) is 1.68. The maximum Gasteiger partial charge on any atom is 0.168 e. The summed E-state index contributed by atoms with van der Waals surface area (Å²) < 4.78 is 13.6. The zero-order valence-electron chi connectivity index (χ0n) is 8.76. The van der Waals surface area contributed by atoms with Crippen LogP contribution in [0.5, 0.6) is 0 Å². The van der Waals surface area contributed by atoms with Crippen molar-refractivity contribution in [3.8, 4) is 0 Å². The molecule has 2 aliphatic rings. The van der Waals surface area contributed by atoms with Gasteiger partial charge in [0.1, 0.15) is 0 Å². The highest BCUT2D eigenvalue weighted by molar-refractivity contribution is 4.88. The van der Waals surface area contributed by atoms with Gasteiger partial charge in [0.05, 0.1) is 19.5 Å². The molecule has 0 radical (unpaired) electrons. The van der Waals surface area contributed by atoms with Gasteiger partial charge in [0, 0.05) is 31.3 Å². The van der Waals surface area contributed by atoms with Crippen LogP contribution in [0.1, 0.15) is 31.7 Å². The summed E-state index contributed by atoms with van der Waals surface area (Å²) in [6.07, 6.45) is 10.0. The molecule has 1 aliphatic carbocycles. The number of ether oxygens (including phenoxy) is 2. The molecular formula is C11H16N2O2. The predicted octanol–water partition coefficient (Wildman–Crippen LogP) is 1.74. The molecule has 0 N–H and O–H groups in total. The first-order valence-corrected chi connectivity index (χ1v) is 5.63. The van der Waals surface area contributed by atoms with Crippen LogP contribution >= 0.6 is 0 Å². The van der Waals surface area contributed by atoms with E-state index in [0.717, 1.165) is 38.9 Å².